The molecule has 0 aliphatic carbocycles. The number of carbonyl (C=O) groups is 1. The normalized spacial score (nSPS) is 15.7. The average molecular weight is 372 g/mol. The third-order valence-electron chi connectivity index (χ3n) is 4.96. The molecule has 1 aliphatic rings. The van der Waals surface area contributed by atoms with E-state index in [4.69, 9.17) is 0 Å². The largest absolute Gasteiger partial charge is 0.312 e. The number of hydrogen-bond acceptors (Lipinski definition) is 6. The van der Waals surface area contributed by atoms with Gasteiger partial charge in [0.1, 0.15) is 17.2 Å². The lowest BCUT2D eigenvalue weighted by Crippen LogP contribution is -2.39. The highest BCUT2D eigenvalue weighted by atomic mass is 16.6. The molecule has 1 aliphatic heterocycles. The number of nitro groups is 1. The van der Waals surface area contributed by atoms with Gasteiger partial charge >= 0.3 is 5.69 Å². The topological polar surface area (TPSA) is 106 Å². The van der Waals surface area contributed by atoms with E-state index in [0.717, 1.165) is 31.6 Å². The number of amides is 1. The van der Waals surface area contributed by atoms with Crippen LogP contribution in [0.3, 0.4) is 0 Å². The van der Waals surface area contributed by atoms with Crippen LogP contribution in [0.15, 0.2) is 18.2 Å². The predicted octanol–water partition coefficient (Wildman–Crippen LogP) is 2.42. The van der Waals surface area contributed by atoms with Crippen molar-refractivity contribution < 1.29 is 9.72 Å². The average Bonchev–Trinajstić information content (AvgIpc) is 2.89. The van der Waals surface area contributed by atoms with E-state index in [-0.39, 0.29) is 22.4 Å². The first-order valence-electron chi connectivity index (χ1n) is 9.00. The van der Waals surface area contributed by atoms with Crippen LogP contribution in [0.2, 0.25) is 0 Å². The Kier molecular flexibility index (Phi) is 5.50. The molecule has 27 heavy (non-hydrogen) atoms. The fourth-order valence-corrected chi connectivity index (χ4v) is 3.46. The molecule has 3 heterocycles. The molecular weight excluding hydrogens is 348 g/mol. The minimum atomic E-state index is -0.385. The summed E-state index contributed by atoms with van der Waals surface area (Å²) >= 11 is 0. The summed E-state index contributed by atoms with van der Waals surface area (Å²) in [5, 5.41) is 18.3. The SMILES string of the molecule is Cc1cccc(NC(=O)C2CCN(Cn3nc(C)c([N+](=O)[O-])c3C)CC2)n1. The Morgan fingerprint density at radius 3 is 2.59 bits per heavy atom. The summed E-state index contributed by atoms with van der Waals surface area (Å²) in [4.78, 5) is 29.7. The van der Waals surface area contributed by atoms with E-state index in [1.807, 2.05) is 19.1 Å². The Morgan fingerprint density at radius 2 is 2.00 bits per heavy atom. The van der Waals surface area contributed by atoms with E-state index in [1.54, 1.807) is 24.6 Å². The molecule has 0 atom stereocenters. The summed E-state index contributed by atoms with van der Waals surface area (Å²) in [6.07, 6.45) is 1.47. The van der Waals surface area contributed by atoms with Crippen molar-refractivity contribution >= 4 is 17.4 Å². The fraction of sp³-hybridized carbons (Fsp3) is 0.500. The first-order chi connectivity index (χ1) is 12.8. The van der Waals surface area contributed by atoms with Crippen molar-refractivity contribution in [2.24, 2.45) is 5.92 Å². The van der Waals surface area contributed by atoms with Crippen LogP contribution in [-0.4, -0.2) is 43.6 Å². The molecule has 9 nitrogen and oxygen atoms in total. The second-order valence-corrected chi connectivity index (χ2v) is 6.96. The van der Waals surface area contributed by atoms with E-state index < -0.39 is 0 Å². The first kappa shape index (κ1) is 19.0. The van der Waals surface area contributed by atoms with Gasteiger partial charge in [-0.05, 0) is 45.7 Å². The zero-order valence-corrected chi connectivity index (χ0v) is 15.8. The molecule has 2 aromatic heterocycles. The quantitative estimate of drug-likeness (QED) is 0.638. The molecule has 0 saturated carbocycles. The molecule has 0 bridgehead atoms. The third kappa shape index (κ3) is 4.30. The maximum Gasteiger partial charge on any atom is 0.312 e. The maximum atomic E-state index is 12.5. The van der Waals surface area contributed by atoms with Crippen molar-refractivity contribution in [2.45, 2.75) is 40.3 Å². The number of nitrogens with zero attached hydrogens (tertiary/aromatic N) is 5. The molecule has 0 radical (unpaired) electrons. The number of hydrogen-bond donors (Lipinski definition) is 1. The van der Waals surface area contributed by atoms with Crippen LogP contribution in [0, 0.1) is 36.8 Å². The lowest BCUT2D eigenvalue weighted by atomic mass is 9.96. The number of carbonyl (C=O) groups excluding carboxylic acids is 1. The molecule has 1 fully saturated rings. The van der Waals surface area contributed by atoms with E-state index in [1.165, 1.54) is 0 Å². The van der Waals surface area contributed by atoms with Gasteiger partial charge in [-0.2, -0.15) is 5.10 Å². The first-order valence-corrected chi connectivity index (χ1v) is 9.00. The lowest BCUT2D eigenvalue weighted by molar-refractivity contribution is -0.386. The van der Waals surface area contributed by atoms with Gasteiger partial charge in [-0.3, -0.25) is 19.8 Å². The van der Waals surface area contributed by atoms with Crippen LogP contribution in [0.5, 0.6) is 0 Å². The van der Waals surface area contributed by atoms with Crippen LogP contribution in [-0.2, 0) is 11.5 Å². The zero-order valence-electron chi connectivity index (χ0n) is 15.8. The van der Waals surface area contributed by atoms with Crippen LogP contribution in [0.1, 0.15) is 29.9 Å². The van der Waals surface area contributed by atoms with Crippen LogP contribution in [0.25, 0.3) is 0 Å². The van der Waals surface area contributed by atoms with Gasteiger partial charge in [-0.25, -0.2) is 9.67 Å². The van der Waals surface area contributed by atoms with E-state index in [2.05, 4.69) is 20.3 Å². The van der Waals surface area contributed by atoms with E-state index in [9.17, 15) is 14.9 Å². The Morgan fingerprint density at radius 1 is 1.30 bits per heavy atom. The number of aryl methyl sites for hydroxylation is 2. The minimum Gasteiger partial charge on any atom is -0.310 e. The standard InChI is InChI=1S/C18H24N6O3/c1-12-5-4-6-16(19-12)20-18(25)15-7-9-22(10-8-15)11-23-14(3)17(24(26)27)13(2)21-23/h4-6,15H,7-11H2,1-3H3,(H,19,20,25). The Hall–Kier alpha value is -2.81. The number of rotatable bonds is 5. The van der Waals surface area contributed by atoms with Gasteiger partial charge in [-0.1, -0.05) is 6.07 Å². The number of pyridine rings is 1. The Bertz CT molecular complexity index is 855. The molecule has 2 aromatic rings. The van der Waals surface area contributed by atoms with Gasteiger partial charge in [0.15, 0.2) is 0 Å². The van der Waals surface area contributed by atoms with Gasteiger partial charge < -0.3 is 5.32 Å². The molecule has 1 amide bonds. The van der Waals surface area contributed by atoms with Crippen LogP contribution >= 0.6 is 0 Å². The number of nitrogens with one attached hydrogen (secondary N) is 1. The van der Waals surface area contributed by atoms with Crippen molar-refractivity contribution in [3.63, 3.8) is 0 Å². The van der Waals surface area contributed by atoms with Crippen molar-refractivity contribution in [2.75, 3.05) is 18.4 Å². The van der Waals surface area contributed by atoms with Crippen molar-refractivity contribution in [1.82, 2.24) is 19.7 Å². The highest BCUT2D eigenvalue weighted by molar-refractivity contribution is 5.91. The summed E-state index contributed by atoms with van der Waals surface area (Å²) < 4.78 is 1.67. The van der Waals surface area contributed by atoms with Gasteiger partial charge in [0.2, 0.25) is 5.91 Å². The van der Waals surface area contributed by atoms with Crippen LogP contribution in [0.4, 0.5) is 11.5 Å². The highest BCUT2D eigenvalue weighted by Crippen LogP contribution is 2.24. The van der Waals surface area contributed by atoms with Gasteiger partial charge in [0.25, 0.3) is 0 Å². The summed E-state index contributed by atoms with van der Waals surface area (Å²) in [6, 6.07) is 5.54. The van der Waals surface area contributed by atoms with Crippen LogP contribution < -0.4 is 5.32 Å². The monoisotopic (exact) mass is 372 g/mol. The summed E-state index contributed by atoms with van der Waals surface area (Å²) in [5.41, 5.74) is 1.93. The number of piperidine rings is 1. The maximum absolute atomic E-state index is 12.5. The van der Waals surface area contributed by atoms with Crippen molar-refractivity contribution in [3.8, 4) is 0 Å². The smallest absolute Gasteiger partial charge is 0.310 e. The highest BCUT2D eigenvalue weighted by Gasteiger charge is 2.27. The number of anilines is 1. The summed E-state index contributed by atoms with van der Waals surface area (Å²) in [6.45, 7) is 7.23. The Labute approximate surface area is 157 Å². The minimum absolute atomic E-state index is 0.00509. The molecule has 3 rings (SSSR count). The number of likely N-dealkylation sites (tertiary alicyclic amines) is 1. The van der Waals surface area contributed by atoms with E-state index >= 15 is 0 Å². The molecular formula is C18H24N6O3. The van der Waals surface area contributed by atoms with E-state index in [0.29, 0.717) is 23.9 Å². The van der Waals surface area contributed by atoms with Crippen molar-refractivity contribution in [1.29, 1.82) is 0 Å². The summed E-state index contributed by atoms with van der Waals surface area (Å²) in [5.74, 6) is 0.519. The zero-order chi connectivity index (χ0) is 19.6. The molecule has 0 unspecified atom stereocenters. The Balaban J connectivity index is 1.55. The van der Waals surface area contributed by atoms with Gasteiger partial charge in [-0.15, -0.1) is 0 Å². The molecule has 9 heteroatoms. The molecule has 144 valence electrons. The predicted molar refractivity (Wildman–Crippen MR) is 100 cm³/mol. The molecule has 0 spiro atoms. The molecule has 1 N–H and O–H groups in total. The third-order valence-corrected chi connectivity index (χ3v) is 4.96. The second-order valence-electron chi connectivity index (χ2n) is 6.96. The molecule has 0 aromatic carbocycles. The van der Waals surface area contributed by atoms with Crippen molar-refractivity contribution in [3.05, 3.63) is 45.4 Å². The second kappa shape index (κ2) is 7.83. The van der Waals surface area contributed by atoms with Gasteiger partial charge in [0.05, 0.1) is 11.6 Å². The lowest BCUT2D eigenvalue weighted by Gasteiger charge is -2.31. The number of aromatic nitrogens is 3. The molecule has 1 saturated heterocycles. The van der Waals surface area contributed by atoms with Gasteiger partial charge in [0, 0.05) is 24.7 Å². The summed E-state index contributed by atoms with van der Waals surface area (Å²) in [7, 11) is 0. The fourth-order valence-electron chi connectivity index (χ4n) is 3.46.